The molecule has 3 rings (SSSR count). The molecule has 0 aliphatic carbocycles. The second-order valence-electron chi connectivity index (χ2n) is 7.34. The lowest BCUT2D eigenvalue weighted by atomic mass is 9.77. The number of amides is 1. The van der Waals surface area contributed by atoms with Gasteiger partial charge < -0.3 is 24.3 Å². The zero-order chi connectivity index (χ0) is 18.2. The Hall–Kier alpha value is -1.99. The fourth-order valence-corrected chi connectivity index (χ4v) is 2.98. The number of aromatic amines is 1. The van der Waals surface area contributed by atoms with Crippen molar-refractivity contribution in [1.82, 2.24) is 10.3 Å². The molecule has 7 heteroatoms. The van der Waals surface area contributed by atoms with Crippen LogP contribution in [0.1, 0.15) is 33.3 Å². The van der Waals surface area contributed by atoms with Crippen LogP contribution in [-0.4, -0.2) is 43.1 Å². The summed E-state index contributed by atoms with van der Waals surface area (Å²) in [4.78, 5) is 14.5. The number of methoxy groups -OCH3 is 1. The highest BCUT2D eigenvalue weighted by Crippen LogP contribution is 2.37. The third-order valence-electron chi connectivity index (χ3n) is 5.19. The maximum atomic E-state index is 11.2. The van der Waals surface area contributed by atoms with E-state index in [1.165, 1.54) is 7.11 Å². The molecule has 1 amide bonds. The first-order chi connectivity index (χ1) is 11.7. The van der Waals surface area contributed by atoms with Crippen molar-refractivity contribution in [2.24, 2.45) is 0 Å². The van der Waals surface area contributed by atoms with Crippen LogP contribution in [0.15, 0.2) is 24.4 Å². The third-order valence-corrected chi connectivity index (χ3v) is 5.19. The molecule has 2 heterocycles. The normalized spacial score (nSPS) is 18.5. The number of H-pyrrole nitrogens is 1. The van der Waals surface area contributed by atoms with E-state index in [1.807, 2.05) is 46.0 Å². The highest BCUT2D eigenvalue weighted by Gasteiger charge is 2.52. The van der Waals surface area contributed by atoms with Crippen LogP contribution < -0.4 is 10.8 Å². The van der Waals surface area contributed by atoms with Crippen LogP contribution in [0.3, 0.4) is 0 Å². The number of aromatic nitrogens is 1. The topological polar surface area (TPSA) is 72.6 Å². The van der Waals surface area contributed by atoms with Crippen molar-refractivity contribution in [2.45, 2.75) is 45.3 Å². The lowest BCUT2D eigenvalue weighted by Gasteiger charge is -2.32. The van der Waals surface area contributed by atoms with Crippen molar-refractivity contribution in [2.75, 3.05) is 13.7 Å². The Kier molecular flexibility index (Phi) is 4.55. The summed E-state index contributed by atoms with van der Waals surface area (Å²) in [7, 11) is 0.950. The Morgan fingerprint density at radius 3 is 2.56 bits per heavy atom. The first kappa shape index (κ1) is 17.8. The van der Waals surface area contributed by atoms with Gasteiger partial charge >= 0.3 is 13.2 Å². The largest absolute Gasteiger partial charge is 0.497 e. The van der Waals surface area contributed by atoms with E-state index in [-0.39, 0.29) is 11.2 Å². The number of para-hydroxylation sites is 1. The molecule has 2 aromatic rings. The Labute approximate surface area is 148 Å². The molecule has 134 valence electrons. The number of alkyl carbamates (subject to hydrolysis) is 1. The maximum Gasteiger partial charge on any atom is 0.497 e. The van der Waals surface area contributed by atoms with Crippen molar-refractivity contribution in [1.29, 1.82) is 0 Å². The number of fused-ring (bicyclic) bond motifs is 1. The Bertz CT molecular complexity index is 768. The number of rotatable bonds is 4. The predicted octanol–water partition coefficient (Wildman–Crippen LogP) is 2.37. The van der Waals surface area contributed by atoms with Crippen LogP contribution >= 0.6 is 0 Å². The molecular weight excluding hydrogens is 319 g/mol. The van der Waals surface area contributed by atoms with Crippen molar-refractivity contribution in [3.05, 3.63) is 30.0 Å². The summed E-state index contributed by atoms with van der Waals surface area (Å²) >= 11 is 0. The van der Waals surface area contributed by atoms with Gasteiger partial charge in [0.25, 0.3) is 0 Å². The molecule has 1 aliphatic heterocycles. The van der Waals surface area contributed by atoms with E-state index in [0.717, 1.165) is 21.9 Å². The number of ether oxygens (including phenoxy) is 1. The highest BCUT2D eigenvalue weighted by molar-refractivity contribution is 6.65. The van der Waals surface area contributed by atoms with Crippen molar-refractivity contribution in [3.63, 3.8) is 0 Å². The molecule has 25 heavy (non-hydrogen) atoms. The number of carbonyl (C=O) groups excluding carboxylic acids is 1. The molecule has 0 atom stereocenters. The zero-order valence-corrected chi connectivity index (χ0v) is 15.4. The monoisotopic (exact) mass is 344 g/mol. The Morgan fingerprint density at radius 1 is 1.24 bits per heavy atom. The minimum absolute atomic E-state index is 0.375. The molecular formula is C18H25BN2O4. The van der Waals surface area contributed by atoms with Crippen molar-refractivity contribution < 1.29 is 18.8 Å². The summed E-state index contributed by atoms with van der Waals surface area (Å²) in [5.41, 5.74) is 2.38. The lowest BCUT2D eigenvalue weighted by molar-refractivity contribution is 0.00578. The highest BCUT2D eigenvalue weighted by atomic mass is 16.7. The van der Waals surface area contributed by atoms with Crippen molar-refractivity contribution >= 4 is 29.6 Å². The van der Waals surface area contributed by atoms with E-state index in [9.17, 15) is 4.79 Å². The summed E-state index contributed by atoms with van der Waals surface area (Å²) in [6.07, 6.45) is 2.26. The van der Waals surface area contributed by atoms with E-state index in [1.54, 1.807) is 0 Å². The van der Waals surface area contributed by atoms with Crippen LogP contribution in [0, 0.1) is 0 Å². The number of hydrogen-bond donors (Lipinski definition) is 2. The predicted molar refractivity (Wildman–Crippen MR) is 98.1 cm³/mol. The minimum atomic E-state index is -0.419. The number of carbonyl (C=O) groups is 1. The molecule has 1 saturated heterocycles. The second-order valence-corrected chi connectivity index (χ2v) is 7.34. The average Bonchev–Trinajstić information content (AvgIpc) is 3.05. The third kappa shape index (κ3) is 3.26. The van der Waals surface area contributed by atoms with Gasteiger partial charge in [-0.05, 0) is 39.7 Å². The molecule has 1 fully saturated rings. The summed E-state index contributed by atoms with van der Waals surface area (Å²) < 4.78 is 16.9. The SMILES string of the molecule is COC(=O)NCCc1c[nH]c2c(B3OC(C)(C)C(C)(C)O3)cccc12. The zero-order valence-electron chi connectivity index (χ0n) is 15.4. The van der Waals surface area contributed by atoms with Crippen molar-refractivity contribution in [3.8, 4) is 0 Å². The second kappa shape index (κ2) is 6.39. The van der Waals surface area contributed by atoms with Gasteiger partial charge in [0.15, 0.2) is 0 Å². The van der Waals surface area contributed by atoms with E-state index in [4.69, 9.17) is 9.31 Å². The molecule has 1 aromatic heterocycles. The summed E-state index contributed by atoms with van der Waals surface area (Å²) in [5.74, 6) is 0. The maximum absolute atomic E-state index is 11.2. The van der Waals surface area contributed by atoms with Crippen LogP contribution in [0.25, 0.3) is 10.9 Å². The van der Waals surface area contributed by atoms with Gasteiger partial charge in [0.1, 0.15) is 0 Å². The molecule has 0 radical (unpaired) electrons. The van der Waals surface area contributed by atoms with Gasteiger partial charge in [-0.2, -0.15) is 0 Å². The molecule has 1 aromatic carbocycles. The van der Waals surface area contributed by atoms with E-state index >= 15 is 0 Å². The fourth-order valence-electron chi connectivity index (χ4n) is 2.98. The average molecular weight is 344 g/mol. The lowest BCUT2D eigenvalue weighted by Crippen LogP contribution is -2.41. The van der Waals surface area contributed by atoms with Gasteiger partial charge in [0.2, 0.25) is 0 Å². The van der Waals surface area contributed by atoms with Gasteiger partial charge in [-0.1, -0.05) is 18.2 Å². The van der Waals surface area contributed by atoms with Crippen LogP contribution in [0.5, 0.6) is 0 Å². The molecule has 0 saturated carbocycles. The number of nitrogens with one attached hydrogen (secondary N) is 2. The Morgan fingerprint density at radius 2 is 1.92 bits per heavy atom. The van der Waals surface area contributed by atoms with E-state index in [2.05, 4.69) is 21.1 Å². The van der Waals surface area contributed by atoms with Crippen LogP contribution in [0.4, 0.5) is 4.79 Å². The molecule has 2 N–H and O–H groups in total. The number of hydrogen-bond acceptors (Lipinski definition) is 4. The fraction of sp³-hybridized carbons (Fsp3) is 0.500. The molecule has 6 nitrogen and oxygen atoms in total. The van der Waals surface area contributed by atoms with Gasteiger partial charge in [-0.15, -0.1) is 0 Å². The Balaban J connectivity index is 1.83. The summed E-state index contributed by atoms with van der Waals surface area (Å²) in [6, 6.07) is 6.10. The van der Waals surface area contributed by atoms with E-state index in [0.29, 0.717) is 13.0 Å². The molecule has 0 bridgehead atoms. The van der Waals surface area contributed by atoms with Gasteiger partial charge in [0.05, 0.1) is 18.3 Å². The summed E-state index contributed by atoms with van der Waals surface area (Å²) in [5, 5.41) is 3.81. The van der Waals surface area contributed by atoms with Gasteiger partial charge in [-0.3, -0.25) is 0 Å². The van der Waals surface area contributed by atoms with Gasteiger partial charge in [-0.25, -0.2) is 4.79 Å². The minimum Gasteiger partial charge on any atom is -0.453 e. The summed E-state index contributed by atoms with van der Waals surface area (Å²) in [6.45, 7) is 8.70. The smallest absolute Gasteiger partial charge is 0.453 e. The first-order valence-corrected chi connectivity index (χ1v) is 8.51. The van der Waals surface area contributed by atoms with Gasteiger partial charge in [0, 0.05) is 29.1 Å². The quantitative estimate of drug-likeness (QED) is 0.836. The van der Waals surface area contributed by atoms with Crippen LogP contribution in [0.2, 0.25) is 0 Å². The molecule has 0 spiro atoms. The first-order valence-electron chi connectivity index (χ1n) is 8.51. The van der Waals surface area contributed by atoms with Crippen LogP contribution in [-0.2, 0) is 20.5 Å². The molecule has 0 unspecified atom stereocenters. The molecule has 1 aliphatic rings. The number of benzene rings is 1. The van der Waals surface area contributed by atoms with E-state index < -0.39 is 13.2 Å². The standard InChI is InChI=1S/C18H25BN2O4/c1-17(2)18(3,4)25-19(24-17)14-8-6-7-13-12(11-21-15(13)14)9-10-20-16(22)23-5/h6-8,11,21H,9-10H2,1-5H3,(H,20,22).